The Morgan fingerprint density at radius 2 is 1.49 bits per heavy atom. The smallest absolute Gasteiger partial charge is 0.282 e. The van der Waals surface area contributed by atoms with Gasteiger partial charge in [0.2, 0.25) is 0 Å². The first-order valence-electron chi connectivity index (χ1n) is 12.1. The van der Waals surface area contributed by atoms with Crippen LogP contribution < -0.4 is 10.0 Å². The first kappa shape index (κ1) is 24.7. The summed E-state index contributed by atoms with van der Waals surface area (Å²) in [6.07, 6.45) is 8.32. The van der Waals surface area contributed by atoms with Crippen molar-refractivity contribution >= 4 is 32.9 Å². The average Bonchev–Trinajstić information content (AvgIpc) is 3.10. The molecule has 2 aromatic rings. The Morgan fingerprint density at radius 3 is 2.06 bits per heavy atom. The Kier molecular flexibility index (Phi) is 7.08. The number of hydrogen-bond acceptors (Lipinski definition) is 4. The van der Waals surface area contributed by atoms with Gasteiger partial charge in [0.1, 0.15) is 13.1 Å². The van der Waals surface area contributed by atoms with Gasteiger partial charge in [-0.15, -0.1) is 0 Å². The molecule has 0 spiro atoms. The summed E-state index contributed by atoms with van der Waals surface area (Å²) in [5, 5.41) is 12.1. The van der Waals surface area contributed by atoms with Gasteiger partial charge in [0.15, 0.2) is 5.71 Å². The van der Waals surface area contributed by atoms with Crippen molar-refractivity contribution in [1.82, 2.24) is 0 Å². The van der Waals surface area contributed by atoms with E-state index in [1.165, 1.54) is 0 Å². The maximum Gasteiger partial charge on any atom is 0.282 e. The molecule has 0 bridgehead atoms. The summed E-state index contributed by atoms with van der Waals surface area (Å²) < 4.78 is 30.6. The molecule has 2 aromatic carbocycles. The molecule has 6 nitrogen and oxygen atoms in total. The highest BCUT2D eigenvalue weighted by molar-refractivity contribution is 7.90. The molecule has 2 aliphatic rings. The summed E-state index contributed by atoms with van der Waals surface area (Å²) >= 11 is 0. The predicted molar refractivity (Wildman–Crippen MR) is 141 cm³/mol. The molecular formula is C28H31N3O3S. The first-order chi connectivity index (χ1) is 16.8. The number of allylic oxidation sites excluding steroid dienone is 5. The van der Waals surface area contributed by atoms with Crippen LogP contribution in [0.5, 0.6) is 0 Å². The zero-order valence-electron chi connectivity index (χ0n) is 20.7. The van der Waals surface area contributed by atoms with Gasteiger partial charge in [-0.1, -0.05) is 24.3 Å². The quantitative estimate of drug-likeness (QED) is 0.555. The molecule has 182 valence electrons. The molecule has 0 fully saturated rings. The topological polar surface area (TPSA) is 75.8 Å². The summed E-state index contributed by atoms with van der Waals surface area (Å²) in [4.78, 5) is 2.24. The number of hydrogen-bond donors (Lipinski definition) is 0. The second kappa shape index (κ2) is 10.0. The number of anilines is 1. The van der Waals surface area contributed by atoms with Crippen LogP contribution in [0, 0.1) is 0 Å². The average molecular weight is 490 g/mol. The van der Waals surface area contributed by atoms with E-state index in [9.17, 15) is 13.5 Å². The van der Waals surface area contributed by atoms with Crippen LogP contribution in [-0.4, -0.2) is 50.8 Å². The number of sulfonamides is 1. The molecule has 0 unspecified atom stereocenters. The van der Waals surface area contributed by atoms with Gasteiger partial charge in [0.05, 0.1) is 4.90 Å². The van der Waals surface area contributed by atoms with E-state index in [1.807, 2.05) is 0 Å². The van der Waals surface area contributed by atoms with Crippen LogP contribution >= 0.6 is 0 Å². The van der Waals surface area contributed by atoms with Crippen molar-refractivity contribution in [3.05, 3.63) is 89.0 Å². The molecule has 1 aliphatic carbocycles. The molecule has 0 aromatic heterocycles. The van der Waals surface area contributed by atoms with E-state index in [-0.39, 0.29) is 10.5 Å². The zero-order chi connectivity index (χ0) is 25.2. The number of nitrogens with zero attached hydrogens (tertiary/aromatic N) is 3. The predicted octanol–water partition coefficient (Wildman–Crippen LogP) is 3.76. The van der Waals surface area contributed by atoms with E-state index in [0.29, 0.717) is 0 Å². The Bertz CT molecular complexity index is 1370. The van der Waals surface area contributed by atoms with E-state index in [1.54, 1.807) is 18.2 Å². The Morgan fingerprint density at radius 1 is 0.886 bits per heavy atom. The molecule has 1 aliphatic heterocycles. The fraction of sp³-hybridized carbons (Fsp3) is 0.286. The van der Waals surface area contributed by atoms with Gasteiger partial charge < -0.3 is 10.0 Å². The van der Waals surface area contributed by atoms with Gasteiger partial charge in [-0.25, -0.2) is 4.58 Å². The van der Waals surface area contributed by atoms with Gasteiger partial charge in [-0.05, 0) is 80.3 Å². The second-order valence-electron chi connectivity index (χ2n) is 8.40. The minimum Gasteiger partial charge on any atom is -0.858 e. The van der Waals surface area contributed by atoms with Crippen molar-refractivity contribution < 1.29 is 18.1 Å². The van der Waals surface area contributed by atoms with Crippen LogP contribution in [0.4, 0.5) is 5.69 Å². The Hall–Kier alpha value is -3.45. The number of benzene rings is 2. The lowest BCUT2D eigenvalue weighted by atomic mass is 9.90. The van der Waals surface area contributed by atoms with E-state index in [2.05, 4.69) is 90.1 Å². The molecule has 0 amide bonds. The van der Waals surface area contributed by atoms with Crippen LogP contribution in [-0.2, 0) is 10.0 Å². The lowest BCUT2D eigenvalue weighted by Gasteiger charge is -2.22. The van der Waals surface area contributed by atoms with E-state index in [0.717, 1.165) is 59.9 Å². The molecule has 1 heterocycles. The van der Waals surface area contributed by atoms with Gasteiger partial charge in [-0.3, -0.25) is 0 Å². The van der Waals surface area contributed by atoms with E-state index >= 15 is 0 Å². The van der Waals surface area contributed by atoms with E-state index < -0.39 is 15.9 Å². The third-order valence-electron chi connectivity index (χ3n) is 6.55. The van der Waals surface area contributed by atoms with E-state index in [4.69, 9.17) is 0 Å². The molecule has 4 rings (SSSR count). The SMILES string of the molecule is CCN(CC)c1ccc(C(=C2C=CC(=[N+](CC)CC)C=C2)c2ccc3c(c2)S(=O)(=O)N=C3[O-])cc1. The van der Waals surface area contributed by atoms with Crippen molar-refractivity contribution in [2.45, 2.75) is 32.6 Å². The normalized spacial score (nSPS) is 15.7. The Labute approximate surface area is 208 Å². The number of fused-ring (bicyclic) bond motifs is 1. The zero-order valence-corrected chi connectivity index (χ0v) is 21.5. The fourth-order valence-electron chi connectivity index (χ4n) is 4.63. The van der Waals surface area contributed by atoms with Crippen molar-refractivity contribution in [2.75, 3.05) is 31.1 Å². The minimum absolute atomic E-state index is 0.0305. The third kappa shape index (κ3) is 4.73. The molecule has 0 atom stereocenters. The van der Waals surface area contributed by atoms with Crippen molar-refractivity contribution in [1.29, 1.82) is 0 Å². The fourth-order valence-corrected chi connectivity index (χ4v) is 5.75. The molecule has 35 heavy (non-hydrogen) atoms. The van der Waals surface area contributed by atoms with Crippen LogP contribution in [0.15, 0.2) is 81.6 Å². The third-order valence-corrected chi connectivity index (χ3v) is 7.85. The summed E-state index contributed by atoms with van der Waals surface area (Å²) in [5.74, 6) is -0.708. The van der Waals surface area contributed by atoms with Crippen LogP contribution in [0.25, 0.3) is 5.57 Å². The highest BCUT2D eigenvalue weighted by Gasteiger charge is 2.26. The lowest BCUT2D eigenvalue weighted by molar-refractivity contribution is -0.519. The van der Waals surface area contributed by atoms with Crippen molar-refractivity contribution in [3.63, 3.8) is 0 Å². The van der Waals surface area contributed by atoms with Gasteiger partial charge >= 0.3 is 0 Å². The maximum atomic E-state index is 12.5. The standard InChI is InChI=1S/C28H31N3O3S/c1-5-30(6-2)23-14-9-20(10-15-23)27(21-11-16-24(17-12-21)31(7-3)8-4)22-13-18-25-26(19-22)35(33,34)29-28(25)32/h9-19H,5-8H2,1-4H3. The second-order valence-corrected chi connectivity index (χ2v) is 9.97. The lowest BCUT2D eigenvalue weighted by Crippen LogP contribution is -2.21. The number of rotatable bonds is 7. The van der Waals surface area contributed by atoms with Gasteiger partial charge in [-0.2, -0.15) is 12.8 Å². The van der Waals surface area contributed by atoms with Gasteiger partial charge in [0.25, 0.3) is 10.0 Å². The molecule has 0 saturated heterocycles. The first-order valence-corrected chi connectivity index (χ1v) is 13.5. The molecule has 0 radical (unpaired) electrons. The molecule has 0 saturated carbocycles. The summed E-state index contributed by atoms with van der Waals surface area (Å²) in [7, 11) is -3.98. The minimum atomic E-state index is -3.98. The Balaban J connectivity index is 1.87. The summed E-state index contributed by atoms with van der Waals surface area (Å²) in [6.45, 7) is 12.2. The summed E-state index contributed by atoms with van der Waals surface area (Å²) in [5.41, 5.74) is 5.96. The maximum absolute atomic E-state index is 12.5. The molecule has 0 N–H and O–H groups in total. The highest BCUT2D eigenvalue weighted by Crippen LogP contribution is 2.34. The monoisotopic (exact) mass is 489 g/mol. The van der Waals surface area contributed by atoms with Crippen LogP contribution in [0.1, 0.15) is 44.4 Å². The highest BCUT2D eigenvalue weighted by atomic mass is 32.2. The van der Waals surface area contributed by atoms with Crippen molar-refractivity contribution in [3.8, 4) is 0 Å². The van der Waals surface area contributed by atoms with Crippen LogP contribution in [0.2, 0.25) is 0 Å². The van der Waals surface area contributed by atoms with Gasteiger partial charge in [0, 0.05) is 42.4 Å². The summed E-state index contributed by atoms with van der Waals surface area (Å²) in [6, 6.07) is 13.3. The molecule has 7 heteroatoms. The van der Waals surface area contributed by atoms with Crippen LogP contribution in [0.3, 0.4) is 0 Å². The molecular weight excluding hydrogens is 458 g/mol. The largest absolute Gasteiger partial charge is 0.858 e. The van der Waals surface area contributed by atoms with Crippen molar-refractivity contribution in [2.24, 2.45) is 4.40 Å².